The standard InChI is InChI=1S/C10H18N2O2/c1-10(2,3)14-9(13)12-6-7-4-8(12)5-11-7/h7-8,11H,4-6H2,1-3H3/p+1/t7-,8-/m0/s1. The Morgan fingerprint density at radius 1 is 1.50 bits per heavy atom. The molecule has 2 rings (SSSR count). The number of ether oxygens (including phenoxy) is 1. The highest BCUT2D eigenvalue weighted by atomic mass is 16.6. The normalized spacial score (nSPS) is 30.9. The van der Waals surface area contributed by atoms with Crippen LogP contribution in [0.25, 0.3) is 0 Å². The molecule has 0 unspecified atom stereocenters. The first-order chi connectivity index (χ1) is 6.46. The summed E-state index contributed by atoms with van der Waals surface area (Å²) >= 11 is 0. The monoisotopic (exact) mass is 199 g/mol. The summed E-state index contributed by atoms with van der Waals surface area (Å²) in [6.07, 6.45) is 0.997. The second kappa shape index (κ2) is 3.12. The molecule has 1 amide bonds. The van der Waals surface area contributed by atoms with Gasteiger partial charge >= 0.3 is 6.09 Å². The van der Waals surface area contributed by atoms with Crippen molar-refractivity contribution in [3.8, 4) is 0 Å². The first kappa shape index (κ1) is 9.77. The lowest BCUT2D eigenvalue weighted by atomic mass is 10.2. The number of carbonyl (C=O) groups excluding carboxylic acids is 1. The molecule has 0 aromatic heterocycles. The van der Waals surface area contributed by atoms with Crippen molar-refractivity contribution in [2.24, 2.45) is 0 Å². The molecule has 4 nitrogen and oxygen atoms in total. The molecule has 2 atom stereocenters. The van der Waals surface area contributed by atoms with E-state index in [-0.39, 0.29) is 11.7 Å². The molecule has 2 bridgehead atoms. The Hall–Kier alpha value is -0.770. The molecule has 0 saturated carbocycles. The Morgan fingerprint density at radius 3 is 2.64 bits per heavy atom. The Kier molecular flexibility index (Phi) is 2.18. The fourth-order valence-electron chi connectivity index (χ4n) is 2.24. The molecule has 2 N–H and O–H groups in total. The van der Waals surface area contributed by atoms with Gasteiger partial charge in [0.15, 0.2) is 0 Å². The van der Waals surface area contributed by atoms with Crippen molar-refractivity contribution in [2.45, 2.75) is 44.9 Å². The lowest BCUT2D eigenvalue weighted by Gasteiger charge is -2.28. The third-order valence-electron chi connectivity index (χ3n) is 2.82. The highest BCUT2D eigenvalue weighted by Gasteiger charge is 2.45. The van der Waals surface area contributed by atoms with E-state index in [2.05, 4.69) is 5.32 Å². The number of rotatable bonds is 0. The maximum Gasteiger partial charge on any atom is 0.410 e. The van der Waals surface area contributed by atoms with Gasteiger partial charge < -0.3 is 10.1 Å². The SMILES string of the molecule is CC(C)(C)OC(=O)N1C[C@@H]2C[C@H]1C[NH2+]2. The van der Waals surface area contributed by atoms with Crippen molar-refractivity contribution in [3.63, 3.8) is 0 Å². The summed E-state index contributed by atoms with van der Waals surface area (Å²) in [6.45, 7) is 7.63. The minimum atomic E-state index is -0.372. The zero-order valence-electron chi connectivity index (χ0n) is 9.12. The molecular weight excluding hydrogens is 180 g/mol. The molecule has 0 aromatic carbocycles. The van der Waals surface area contributed by atoms with Gasteiger partial charge in [-0.05, 0) is 20.8 Å². The van der Waals surface area contributed by atoms with E-state index in [1.54, 1.807) is 0 Å². The summed E-state index contributed by atoms with van der Waals surface area (Å²) in [5, 5.41) is 2.32. The fourth-order valence-corrected chi connectivity index (χ4v) is 2.24. The van der Waals surface area contributed by atoms with Gasteiger partial charge in [0, 0.05) is 6.42 Å². The zero-order valence-corrected chi connectivity index (χ0v) is 9.12. The first-order valence-corrected chi connectivity index (χ1v) is 5.28. The molecule has 2 heterocycles. The molecule has 14 heavy (non-hydrogen) atoms. The van der Waals surface area contributed by atoms with E-state index in [1.165, 1.54) is 0 Å². The molecule has 0 spiro atoms. The second-order valence-corrected chi connectivity index (χ2v) is 5.25. The third kappa shape index (κ3) is 1.85. The molecule has 2 fully saturated rings. The van der Waals surface area contributed by atoms with Gasteiger partial charge in [-0.15, -0.1) is 0 Å². The van der Waals surface area contributed by atoms with Gasteiger partial charge in [0.1, 0.15) is 11.6 Å². The summed E-state index contributed by atoms with van der Waals surface area (Å²) < 4.78 is 5.35. The molecule has 0 aliphatic carbocycles. The highest BCUT2D eigenvalue weighted by molar-refractivity contribution is 5.69. The number of hydrogen-bond acceptors (Lipinski definition) is 2. The molecule has 4 heteroatoms. The maximum absolute atomic E-state index is 11.7. The number of amides is 1. The number of quaternary nitrogens is 1. The van der Waals surface area contributed by atoms with Crippen LogP contribution < -0.4 is 5.32 Å². The smallest absolute Gasteiger partial charge is 0.410 e. The van der Waals surface area contributed by atoms with Gasteiger partial charge in [0.2, 0.25) is 0 Å². The molecule has 0 radical (unpaired) electrons. The Bertz CT molecular complexity index is 247. The van der Waals surface area contributed by atoms with Gasteiger partial charge in [-0.2, -0.15) is 0 Å². The average Bonchev–Trinajstić information content (AvgIpc) is 2.59. The Balaban J connectivity index is 1.93. The lowest BCUT2D eigenvalue weighted by Crippen LogP contribution is -2.91. The van der Waals surface area contributed by atoms with Crippen LogP contribution in [0.15, 0.2) is 0 Å². The average molecular weight is 199 g/mol. The van der Waals surface area contributed by atoms with Gasteiger partial charge in [-0.25, -0.2) is 4.79 Å². The van der Waals surface area contributed by atoms with Crippen LogP contribution in [0.4, 0.5) is 4.79 Å². The van der Waals surface area contributed by atoms with Crippen molar-refractivity contribution in [1.82, 2.24) is 4.90 Å². The highest BCUT2D eigenvalue weighted by Crippen LogP contribution is 2.21. The van der Waals surface area contributed by atoms with E-state index >= 15 is 0 Å². The number of likely N-dealkylation sites (tertiary alicyclic amines) is 1. The molecule has 2 aliphatic heterocycles. The number of nitrogens with two attached hydrogens (primary N) is 1. The van der Waals surface area contributed by atoms with E-state index in [0.29, 0.717) is 12.1 Å². The van der Waals surface area contributed by atoms with Crippen molar-refractivity contribution in [2.75, 3.05) is 13.1 Å². The molecule has 0 aromatic rings. The summed E-state index contributed by atoms with van der Waals surface area (Å²) in [5.74, 6) is 0. The predicted octanol–water partition coefficient (Wildman–Crippen LogP) is -0.0586. The number of nitrogens with zero attached hydrogens (tertiary/aromatic N) is 1. The van der Waals surface area contributed by atoms with Crippen LogP contribution in [0.3, 0.4) is 0 Å². The summed E-state index contributed by atoms with van der Waals surface area (Å²) in [5.41, 5.74) is -0.372. The quantitative estimate of drug-likeness (QED) is 0.594. The summed E-state index contributed by atoms with van der Waals surface area (Å²) in [4.78, 5) is 13.6. The van der Waals surface area contributed by atoms with Crippen LogP contribution in [0, 0.1) is 0 Å². The number of hydrogen-bond donors (Lipinski definition) is 1. The van der Waals surface area contributed by atoms with Crippen LogP contribution in [-0.2, 0) is 4.74 Å². The van der Waals surface area contributed by atoms with E-state index in [0.717, 1.165) is 19.5 Å². The number of piperazine rings is 1. The van der Waals surface area contributed by atoms with Crippen LogP contribution in [0.5, 0.6) is 0 Å². The van der Waals surface area contributed by atoms with E-state index in [9.17, 15) is 4.79 Å². The number of fused-ring (bicyclic) bond motifs is 2. The van der Waals surface area contributed by atoms with Crippen molar-refractivity contribution in [1.29, 1.82) is 0 Å². The van der Waals surface area contributed by atoms with Gasteiger partial charge in [0.05, 0.1) is 19.1 Å². The van der Waals surface area contributed by atoms with Gasteiger partial charge in [-0.1, -0.05) is 0 Å². The van der Waals surface area contributed by atoms with E-state index in [4.69, 9.17) is 4.74 Å². The van der Waals surface area contributed by atoms with Crippen LogP contribution in [0.2, 0.25) is 0 Å². The minimum absolute atomic E-state index is 0.141. The fraction of sp³-hybridized carbons (Fsp3) is 0.900. The van der Waals surface area contributed by atoms with Crippen molar-refractivity contribution >= 4 is 6.09 Å². The Morgan fingerprint density at radius 2 is 2.21 bits per heavy atom. The van der Waals surface area contributed by atoms with Crippen LogP contribution in [-0.4, -0.2) is 41.8 Å². The zero-order chi connectivity index (χ0) is 10.3. The molecule has 2 aliphatic rings. The topological polar surface area (TPSA) is 46.1 Å². The summed E-state index contributed by atoms with van der Waals surface area (Å²) in [6, 6.07) is 1.03. The Labute approximate surface area is 84.6 Å². The van der Waals surface area contributed by atoms with Gasteiger partial charge in [-0.3, -0.25) is 4.90 Å². The van der Waals surface area contributed by atoms with Crippen LogP contribution in [0.1, 0.15) is 27.2 Å². The van der Waals surface area contributed by atoms with E-state index < -0.39 is 0 Å². The second-order valence-electron chi connectivity index (χ2n) is 5.25. The summed E-state index contributed by atoms with van der Waals surface area (Å²) in [7, 11) is 0. The van der Waals surface area contributed by atoms with Gasteiger partial charge in [0.25, 0.3) is 0 Å². The minimum Gasteiger partial charge on any atom is -0.444 e. The van der Waals surface area contributed by atoms with Crippen molar-refractivity contribution in [3.05, 3.63) is 0 Å². The first-order valence-electron chi connectivity index (χ1n) is 5.28. The molecule has 80 valence electrons. The van der Waals surface area contributed by atoms with Crippen LogP contribution >= 0.6 is 0 Å². The predicted molar refractivity (Wildman–Crippen MR) is 51.9 cm³/mol. The maximum atomic E-state index is 11.7. The molecule has 2 saturated heterocycles. The van der Waals surface area contributed by atoms with E-state index in [1.807, 2.05) is 25.7 Å². The third-order valence-corrected chi connectivity index (χ3v) is 2.82. The number of carbonyl (C=O) groups is 1. The molecular formula is C10H19N2O2+. The lowest BCUT2D eigenvalue weighted by molar-refractivity contribution is -0.677. The largest absolute Gasteiger partial charge is 0.444 e. The van der Waals surface area contributed by atoms with Crippen molar-refractivity contribution < 1.29 is 14.8 Å².